The first kappa shape index (κ1) is 20.3. The van der Waals surface area contributed by atoms with Crippen LogP contribution < -0.4 is 5.32 Å². The van der Waals surface area contributed by atoms with E-state index < -0.39 is 0 Å². The summed E-state index contributed by atoms with van der Waals surface area (Å²) in [6.07, 6.45) is 4.89. The van der Waals surface area contributed by atoms with Crippen LogP contribution >= 0.6 is 11.6 Å². The first-order valence-electron chi connectivity index (χ1n) is 9.74. The third-order valence-corrected chi connectivity index (χ3v) is 5.45. The minimum Gasteiger partial charge on any atom is -0.352 e. The maximum Gasteiger partial charge on any atom is 0.255 e. The Morgan fingerprint density at radius 3 is 2.68 bits per heavy atom. The molecule has 28 heavy (non-hydrogen) atoms. The van der Waals surface area contributed by atoms with E-state index in [1.54, 1.807) is 6.20 Å². The number of piperidine rings is 1. The smallest absolute Gasteiger partial charge is 0.255 e. The standard InChI is InChI=1S/C22H26ClN3O2/c1-16-5-7-19(15-24-16)22(28)26-11-9-17(10-12-26)6-8-21(27)25-14-18-3-2-4-20(23)13-18/h2-5,7,13,15,17H,6,8-12,14H2,1H3,(H,25,27). The summed E-state index contributed by atoms with van der Waals surface area (Å²) in [5, 5.41) is 3.63. The topological polar surface area (TPSA) is 62.3 Å². The average Bonchev–Trinajstić information content (AvgIpc) is 2.71. The molecule has 0 unspecified atom stereocenters. The van der Waals surface area contributed by atoms with E-state index in [-0.39, 0.29) is 11.8 Å². The van der Waals surface area contributed by atoms with E-state index in [4.69, 9.17) is 11.6 Å². The number of pyridine rings is 1. The lowest BCUT2D eigenvalue weighted by molar-refractivity contribution is -0.121. The predicted octanol–water partition coefficient (Wildman–Crippen LogP) is 3.99. The third kappa shape index (κ3) is 5.80. The molecule has 1 fully saturated rings. The molecule has 148 valence electrons. The molecule has 0 bridgehead atoms. The molecule has 1 saturated heterocycles. The van der Waals surface area contributed by atoms with E-state index in [0.29, 0.717) is 29.5 Å². The quantitative estimate of drug-likeness (QED) is 0.798. The lowest BCUT2D eigenvalue weighted by Gasteiger charge is -2.32. The van der Waals surface area contributed by atoms with Crippen LogP contribution in [0.15, 0.2) is 42.6 Å². The minimum absolute atomic E-state index is 0.0465. The van der Waals surface area contributed by atoms with Gasteiger partial charge in [0.1, 0.15) is 0 Å². The van der Waals surface area contributed by atoms with Gasteiger partial charge in [-0.05, 0) is 61.9 Å². The van der Waals surface area contributed by atoms with E-state index in [9.17, 15) is 9.59 Å². The van der Waals surface area contributed by atoms with Crippen molar-refractivity contribution in [3.8, 4) is 0 Å². The fraction of sp³-hybridized carbons (Fsp3) is 0.409. The molecule has 0 radical (unpaired) electrons. The lowest BCUT2D eigenvalue weighted by Crippen LogP contribution is -2.38. The number of likely N-dealkylation sites (tertiary alicyclic amines) is 1. The average molecular weight is 400 g/mol. The summed E-state index contributed by atoms with van der Waals surface area (Å²) in [6, 6.07) is 11.2. The molecular formula is C22H26ClN3O2. The predicted molar refractivity (Wildman–Crippen MR) is 110 cm³/mol. The Morgan fingerprint density at radius 1 is 1.21 bits per heavy atom. The number of benzene rings is 1. The van der Waals surface area contributed by atoms with Gasteiger partial charge in [0.25, 0.3) is 5.91 Å². The number of nitrogens with zero attached hydrogens (tertiary/aromatic N) is 2. The fourth-order valence-corrected chi connectivity index (χ4v) is 3.69. The Bertz CT molecular complexity index is 815. The summed E-state index contributed by atoms with van der Waals surface area (Å²) in [5.41, 5.74) is 2.55. The minimum atomic E-state index is 0.0465. The number of carbonyl (C=O) groups is 2. The highest BCUT2D eigenvalue weighted by atomic mass is 35.5. The Morgan fingerprint density at radius 2 is 2.00 bits per heavy atom. The van der Waals surface area contributed by atoms with Crippen LogP contribution in [0.3, 0.4) is 0 Å². The molecule has 0 spiro atoms. The highest BCUT2D eigenvalue weighted by Gasteiger charge is 2.24. The van der Waals surface area contributed by atoms with Crippen molar-refractivity contribution in [2.45, 2.75) is 39.2 Å². The molecule has 0 atom stereocenters. The molecule has 0 aliphatic carbocycles. The van der Waals surface area contributed by atoms with Crippen LogP contribution in [-0.4, -0.2) is 34.8 Å². The van der Waals surface area contributed by atoms with E-state index in [1.165, 1.54) is 0 Å². The van der Waals surface area contributed by atoms with Gasteiger partial charge in [0, 0.05) is 43.0 Å². The summed E-state index contributed by atoms with van der Waals surface area (Å²) in [6.45, 7) is 3.88. The summed E-state index contributed by atoms with van der Waals surface area (Å²) < 4.78 is 0. The van der Waals surface area contributed by atoms with Crippen molar-refractivity contribution in [1.82, 2.24) is 15.2 Å². The van der Waals surface area contributed by atoms with Gasteiger partial charge in [-0.3, -0.25) is 14.6 Å². The third-order valence-electron chi connectivity index (χ3n) is 5.22. The number of aryl methyl sites for hydroxylation is 1. The molecule has 1 N–H and O–H groups in total. The molecule has 3 rings (SSSR count). The van der Waals surface area contributed by atoms with Crippen molar-refractivity contribution >= 4 is 23.4 Å². The Kier molecular flexibility index (Phi) is 7.04. The summed E-state index contributed by atoms with van der Waals surface area (Å²) >= 11 is 5.96. The van der Waals surface area contributed by atoms with Gasteiger partial charge in [0.05, 0.1) is 5.56 Å². The van der Waals surface area contributed by atoms with Crippen LogP contribution in [-0.2, 0) is 11.3 Å². The van der Waals surface area contributed by atoms with Crippen molar-refractivity contribution in [1.29, 1.82) is 0 Å². The first-order valence-corrected chi connectivity index (χ1v) is 10.1. The largest absolute Gasteiger partial charge is 0.352 e. The number of amides is 2. The first-order chi connectivity index (χ1) is 13.5. The highest BCUT2D eigenvalue weighted by Crippen LogP contribution is 2.23. The van der Waals surface area contributed by atoms with Gasteiger partial charge in [-0.2, -0.15) is 0 Å². The number of aromatic nitrogens is 1. The molecular weight excluding hydrogens is 374 g/mol. The Balaban J connectivity index is 1.37. The van der Waals surface area contributed by atoms with Gasteiger partial charge in [-0.1, -0.05) is 23.7 Å². The summed E-state index contributed by atoms with van der Waals surface area (Å²) in [7, 11) is 0. The van der Waals surface area contributed by atoms with Crippen molar-refractivity contribution in [2.75, 3.05) is 13.1 Å². The van der Waals surface area contributed by atoms with Gasteiger partial charge in [-0.25, -0.2) is 0 Å². The number of halogens is 1. The molecule has 2 heterocycles. The molecule has 2 aromatic rings. The zero-order valence-electron chi connectivity index (χ0n) is 16.2. The lowest BCUT2D eigenvalue weighted by atomic mass is 9.91. The highest BCUT2D eigenvalue weighted by molar-refractivity contribution is 6.30. The number of hydrogen-bond acceptors (Lipinski definition) is 3. The molecule has 1 aliphatic rings. The summed E-state index contributed by atoms with van der Waals surface area (Å²) in [4.78, 5) is 30.7. The molecule has 0 saturated carbocycles. The summed E-state index contributed by atoms with van der Waals surface area (Å²) in [5.74, 6) is 0.589. The van der Waals surface area contributed by atoms with Gasteiger partial charge in [0.15, 0.2) is 0 Å². The van der Waals surface area contributed by atoms with Crippen molar-refractivity contribution in [2.24, 2.45) is 5.92 Å². The van der Waals surface area contributed by atoms with Crippen molar-refractivity contribution < 1.29 is 9.59 Å². The number of nitrogens with one attached hydrogen (secondary N) is 1. The molecule has 1 aliphatic heterocycles. The van der Waals surface area contributed by atoms with Gasteiger partial charge in [0.2, 0.25) is 5.91 Å². The Labute approximate surface area is 171 Å². The Hall–Kier alpha value is -2.40. The van der Waals surface area contributed by atoms with Gasteiger partial charge >= 0.3 is 0 Å². The molecule has 1 aromatic carbocycles. The van der Waals surface area contributed by atoms with E-state index >= 15 is 0 Å². The number of rotatable bonds is 6. The van der Waals surface area contributed by atoms with Crippen LogP contribution in [0.4, 0.5) is 0 Å². The van der Waals surface area contributed by atoms with E-state index in [0.717, 1.165) is 43.6 Å². The molecule has 6 heteroatoms. The van der Waals surface area contributed by atoms with Crippen LogP contribution in [0.25, 0.3) is 0 Å². The van der Waals surface area contributed by atoms with Crippen molar-refractivity contribution in [3.05, 3.63) is 64.4 Å². The maximum absolute atomic E-state index is 12.5. The van der Waals surface area contributed by atoms with Crippen LogP contribution in [0, 0.1) is 12.8 Å². The number of carbonyl (C=O) groups excluding carboxylic acids is 2. The van der Waals surface area contributed by atoms with Gasteiger partial charge < -0.3 is 10.2 Å². The zero-order valence-corrected chi connectivity index (χ0v) is 16.9. The maximum atomic E-state index is 12.5. The molecule has 5 nitrogen and oxygen atoms in total. The number of hydrogen-bond donors (Lipinski definition) is 1. The van der Waals surface area contributed by atoms with Crippen molar-refractivity contribution in [3.63, 3.8) is 0 Å². The molecule has 1 aromatic heterocycles. The SMILES string of the molecule is Cc1ccc(C(=O)N2CCC(CCC(=O)NCc3cccc(Cl)c3)CC2)cn1. The van der Waals surface area contributed by atoms with E-state index in [1.807, 2.05) is 48.2 Å². The molecule has 2 amide bonds. The van der Waals surface area contributed by atoms with Crippen LogP contribution in [0.1, 0.15) is 47.3 Å². The second kappa shape index (κ2) is 9.69. The van der Waals surface area contributed by atoms with Crippen LogP contribution in [0.5, 0.6) is 0 Å². The van der Waals surface area contributed by atoms with Gasteiger partial charge in [-0.15, -0.1) is 0 Å². The van der Waals surface area contributed by atoms with E-state index in [2.05, 4.69) is 10.3 Å². The van der Waals surface area contributed by atoms with Crippen LogP contribution in [0.2, 0.25) is 5.02 Å². The second-order valence-corrected chi connectivity index (χ2v) is 7.81. The fourth-order valence-electron chi connectivity index (χ4n) is 3.47. The zero-order chi connectivity index (χ0) is 19.9. The normalized spacial score (nSPS) is 14.7. The monoisotopic (exact) mass is 399 g/mol. The second-order valence-electron chi connectivity index (χ2n) is 7.37.